The van der Waals surface area contributed by atoms with E-state index in [0.29, 0.717) is 0 Å². The van der Waals surface area contributed by atoms with Crippen molar-refractivity contribution in [3.63, 3.8) is 0 Å². The monoisotopic (exact) mass is 250 g/mol. The van der Waals surface area contributed by atoms with E-state index < -0.39 is 0 Å². The third-order valence-electron chi connectivity index (χ3n) is 5.73. The lowest BCUT2D eigenvalue weighted by Crippen LogP contribution is -2.49. The molecule has 0 aromatic rings. The van der Waals surface area contributed by atoms with E-state index in [1.807, 2.05) is 0 Å². The van der Waals surface area contributed by atoms with Gasteiger partial charge in [-0.2, -0.15) is 0 Å². The summed E-state index contributed by atoms with van der Waals surface area (Å²) in [7, 11) is 0. The van der Waals surface area contributed by atoms with E-state index in [4.69, 9.17) is 0 Å². The van der Waals surface area contributed by atoms with Gasteiger partial charge in [-0.3, -0.25) is 4.90 Å². The van der Waals surface area contributed by atoms with Crippen LogP contribution >= 0.6 is 0 Å². The zero-order valence-electron chi connectivity index (χ0n) is 11.9. The van der Waals surface area contributed by atoms with Crippen molar-refractivity contribution >= 4 is 0 Å². The van der Waals surface area contributed by atoms with Crippen LogP contribution < -0.4 is 5.32 Å². The summed E-state index contributed by atoms with van der Waals surface area (Å²) in [6, 6.07) is 0.923. The third kappa shape index (κ3) is 3.08. The Morgan fingerprint density at radius 1 is 0.667 bits per heavy atom. The fourth-order valence-electron chi connectivity index (χ4n) is 4.59. The molecule has 0 radical (unpaired) electrons. The summed E-state index contributed by atoms with van der Waals surface area (Å²) in [6.45, 7) is 5.00. The molecule has 2 nitrogen and oxygen atoms in total. The zero-order chi connectivity index (χ0) is 12.2. The van der Waals surface area contributed by atoms with Crippen LogP contribution in [0.3, 0.4) is 0 Å². The van der Waals surface area contributed by atoms with Crippen LogP contribution in [-0.4, -0.2) is 37.1 Å². The Hall–Kier alpha value is -0.0800. The van der Waals surface area contributed by atoms with Gasteiger partial charge in [0.2, 0.25) is 0 Å². The molecule has 1 saturated heterocycles. The zero-order valence-corrected chi connectivity index (χ0v) is 11.9. The van der Waals surface area contributed by atoms with Crippen LogP contribution in [0.15, 0.2) is 0 Å². The largest absolute Gasteiger partial charge is 0.314 e. The van der Waals surface area contributed by atoms with Gasteiger partial charge >= 0.3 is 0 Å². The van der Waals surface area contributed by atoms with E-state index in [1.54, 1.807) is 12.8 Å². The number of nitrogens with zero attached hydrogens (tertiary/aromatic N) is 1. The van der Waals surface area contributed by atoms with Gasteiger partial charge in [-0.15, -0.1) is 0 Å². The molecule has 18 heavy (non-hydrogen) atoms. The van der Waals surface area contributed by atoms with Crippen molar-refractivity contribution in [1.29, 1.82) is 0 Å². The summed E-state index contributed by atoms with van der Waals surface area (Å²) in [5.74, 6) is 2.19. The molecule has 104 valence electrons. The maximum Gasteiger partial charge on any atom is 0.0110 e. The molecule has 3 rings (SSSR count). The number of rotatable bonds is 2. The lowest BCUT2D eigenvalue weighted by atomic mass is 9.72. The highest BCUT2D eigenvalue weighted by atomic mass is 15.2. The average Bonchev–Trinajstić information content (AvgIpc) is 2.49. The molecule has 0 bridgehead atoms. The summed E-state index contributed by atoms with van der Waals surface area (Å²) < 4.78 is 0. The highest BCUT2D eigenvalue weighted by Crippen LogP contribution is 2.39. The Balaban J connectivity index is 1.45. The Labute approximate surface area is 113 Å². The van der Waals surface area contributed by atoms with Gasteiger partial charge in [0.05, 0.1) is 0 Å². The molecule has 0 amide bonds. The Bertz CT molecular complexity index is 207. The summed E-state index contributed by atoms with van der Waals surface area (Å²) >= 11 is 0. The molecule has 1 N–H and O–H groups in total. The van der Waals surface area contributed by atoms with Crippen LogP contribution in [0, 0.1) is 11.8 Å². The highest BCUT2D eigenvalue weighted by Gasteiger charge is 2.30. The molecule has 0 aromatic carbocycles. The quantitative estimate of drug-likeness (QED) is 0.810. The fraction of sp³-hybridized carbons (Fsp3) is 1.00. The molecular formula is C16H30N2. The van der Waals surface area contributed by atoms with E-state index in [0.717, 1.165) is 17.9 Å². The second kappa shape index (κ2) is 6.38. The molecule has 2 saturated carbocycles. The van der Waals surface area contributed by atoms with E-state index >= 15 is 0 Å². The number of piperazine rings is 1. The predicted molar refractivity (Wildman–Crippen MR) is 76.8 cm³/mol. The molecule has 1 aliphatic heterocycles. The Morgan fingerprint density at radius 3 is 1.94 bits per heavy atom. The van der Waals surface area contributed by atoms with Gasteiger partial charge in [-0.05, 0) is 37.5 Å². The van der Waals surface area contributed by atoms with Crippen molar-refractivity contribution in [3.8, 4) is 0 Å². The lowest BCUT2D eigenvalue weighted by molar-refractivity contribution is 0.0968. The number of hydrogen-bond donors (Lipinski definition) is 1. The van der Waals surface area contributed by atoms with E-state index in [2.05, 4.69) is 10.2 Å². The SMILES string of the molecule is C1CCC(C2CCC(N3CCNCC3)CC2)CC1. The highest BCUT2D eigenvalue weighted by molar-refractivity contribution is 4.85. The minimum absolute atomic E-state index is 0.923. The molecule has 0 aromatic heterocycles. The van der Waals surface area contributed by atoms with Crippen molar-refractivity contribution < 1.29 is 0 Å². The maximum atomic E-state index is 3.47. The topological polar surface area (TPSA) is 15.3 Å². The van der Waals surface area contributed by atoms with Gasteiger partial charge in [-0.25, -0.2) is 0 Å². The van der Waals surface area contributed by atoms with Crippen LogP contribution in [0.5, 0.6) is 0 Å². The van der Waals surface area contributed by atoms with Gasteiger partial charge in [0.1, 0.15) is 0 Å². The van der Waals surface area contributed by atoms with E-state index in [1.165, 1.54) is 71.1 Å². The first-order chi connectivity index (χ1) is 8.93. The summed E-state index contributed by atoms with van der Waals surface area (Å²) in [5, 5.41) is 3.47. The molecule has 1 heterocycles. The standard InChI is InChI=1S/C16H30N2/c1-2-4-14(5-3-1)15-6-8-16(9-7-15)18-12-10-17-11-13-18/h14-17H,1-13H2. The van der Waals surface area contributed by atoms with Crippen LogP contribution in [0.25, 0.3) is 0 Å². The Morgan fingerprint density at radius 2 is 1.28 bits per heavy atom. The number of nitrogens with one attached hydrogen (secondary N) is 1. The second-order valence-electron chi connectivity index (χ2n) is 6.75. The molecule has 3 fully saturated rings. The fourth-order valence-corrected chi connectivity index (χ4v) is 4.59. The second-order valence-corrected chi connectivity index (χ2v) is 6.75. The van der Waals surface area contributed by atoms with Crippen LogP contribution in [0.1, 0.15) is 57.8 Å². The summed E-state index contributed by atoms with van der Waals surface area (Å²) in [5.41, 5.74) is 0. The van der Waals surface area contributed by atoms with Gasteiger partial charge in [0.25, 0.3) is 0 Å². The molecule has 2 heteroatoms. The van der Waals surface area contributed by atoms with Crippen LogP contribution in [0.2, 0.25) is 0 Å². The van der Waals surface area contributed by atoms with Crippen LogP contribution in [0.4, 0.5) is 0 Å². The molecule has 0 atom stereocenters. The molecule has 0 unspecified atom stereocenters. The molecule has 2 aliphatic carbocycles. The van der Waals surface area contributed by atoms with Crippen LogP contribution in [-0.2, 0) is 0 Å². The van der Waals surface area contributed by atoms with Gasteiger partial charge in [0.15, 0.2) is 0 Å². The summed E-state index contributed by atoms with van der Waals surface area (Å²) in [4.78, 5) is 2.76. The maximum absolute atomic E-state index is 3.47. The van der Waals surface area contributed by atoms with Crippen molar-refractivity contribution in [2.24, 2.45) is 11.8 Å². The van der Waals surface area contributed by atoms with Gasteiger partial charge in [0, 0.05) is 32.2 Å². The minimum Gasteiger partial charge on any atom is -0.314 e. The van der Waals surface area contributed by atoms with Crippen molar-refractivity contribution in [2.45, 2.75) is 63.8 Å². The normalized spacial score (nSPS) is 36.7. The molecule has 0 spiro atoms. The van der Waals surface area contributed by atoms with Crippen molar-refractivity contribution in [1.82, 2.24) is 10.2 Å². The number of hydrogen-bond acceptors (Lipinski definition) is 2. The van der Waals surface area contributed by atoms with E-state index in [9.17, 15) is 0 Å². The first kappa shape index (κ1) is 12.9. The summed E-state index contributed by atoms with van der Waals surface area (Å²) in [6.07, 6.45) is 13.7. The van der Waals surface area contributed by atoms with E-state index in [-0.39, 0.29) is 0 Å². The van der Waals surface area contributed by atoms with Gasteiger partial charge in [-0.1, -0.05) is 32.1 Å². The molecular weight excluding hydrogens is 220 g/mol. The molecule has 3 aliphatic rings. The third-order valence-corrected chi connectivity index (χ3v) is 5.73. The van der Waals surface area contributed by atoms with Crippen molar-refractivity contribution in [2.75, 3.05) is 26.2 Å². The van der Waals surface area contributed by atoms with Crippen molar-refractivity contribution in [3.05, 3.63) is 0 Å². The first-order valence-corrected chi connectivity index (χ1v) is 8.38. The first-order valence-electron chi connectivity index (χ1n) is 8.38. The van der Waals surface area contributed by atoms with Gasteiger partial charge < -0.3 is 5.32 Å². The predicted octanol–water partition coefficient (Wildman–Crippen LogP) is 3.03. The average molecular weight is 250 g/mol. The lowest BCUT2D eigenvalue weighted by Gasteiger charge is -2.41. The smallest absolute Gasteiger partial charge is 0.0110 e. The Kier molecular flexibility index (Phi) is 4.58. The minimum atomic E-state index is 0.923.